The van der Waals surface area contributed by atoms with Gasteiger partial charge in [-0.1, -0.05) is 0 Å². The number of halogens is 1. The SMILES string of the molecule is O=C(N1CCOCC1)N1CCn2c(nnc2-c2cncc(Br)c2)C1. The van der Waals surface area contributed by atoms with Gasteiger partial charge in [0.25, 0.3) is 0 Å². The van der Waals surface area contributed by atoms with E-state index in [1.165, 1.54) is 0 Å². The first-order chi connectivity index (χ1) is 11.7. The van der Waals surface area contributed by atoms with Crippen LogP contribution in [0.15, 0.2) is 22.9 Å². The number of nitrogens with zero attached hydrogens (tertiary/aromatic N) is 6. The Kier molecular flexibility index (Phi) is 4.19. The highest BCUT2D eigenvalue weighted by molar-refractivity contribution is 9.10. The van der Waals surface area contributed by atoms with Gasteiger partial charge >= 0.3 is 6.03 Å². The number of pyridine rings is 1. The highest BCUT2D eigenvalue weighted by Gasteiger charge is 2.28. The highest BCUT2D eigenvalue weighted by Crippen LogP contribution is 2.24. The summed E-state index contributed by atoms with van der Waals surface area (Å²) in [6.45, 7) is 4.32. The van der Waals surface area contributed by atoms with Gasteiger partial charge in [0.1, 0.15) is 0 Å². The van der Waals surface area contributed by atoms with Gasteiger partial charge in [-0.15, -0.1) is 10.2 Å². The fraction of sp³-hybridized carbons (Fsp3) is 0.467. The number of amides is 2. The first-order valence-electron chi connectivity index (χ1n) is 7.87. The molecular formula is C15H17BrN6O2. The number of morpholine rings is 1. The van der Waals surface area contributed by atoms with Gasteiger partial charge in [0.2, 0.25) is 0 Å². The Balaban J connectivity index is 1.53. The van der Waals surface area contributed by atoms with Gasteiger partial charge in [-0.3, -0.25) is 4.98 Å². The predicted octanol–water partition coefficient (Wildman–Crippen LogP) is 1.37. The number of rotatable bonds is 1. The summed E-state index contributed by atoms with van der Waals surface area (Å²) in [5.74, 6) is 1.59. The van der Waals surface area contributed by atoms with E-state index >= 15 is 0 Å². The van der Waals surface area contributed by atoms with Crippen LogP contribution in [0.25, 0.3) is 11.4 Å². The lowest BCUT2D eigenvalue weighted by Gasteiger charge is -2.34. The predicted molar refractivity (Wildman–Crippen MR) is 89.2 cm³/mol. The molecule has 1 saturated heterocycles. The number of carbonyl (C=O) groups is 1. The second-order valence-electron chi connectivity index (χ2n) is 5.79. The molecule has 2 aromatic rings. The fourth-order valence-corrected chi connectivity index (χ4v) is 3.39. The van der Waals surface area contributed by atoms with Crippen LogP contribution in [0.3, 0.4) is 0 Å². The van der Waals surface area contributed by atoms with E-state index in [0.717, 1.165) is 21.7 Å². The first-order valence-corrected chi connectivity index (χ1v) is 8.66. The van der Waals surface area contributed by atoms with Crippen molar-refractivity contribution in [1.82, 2.24) is 29.5 Å². The van der Waals surface area contributed by atoms with Crippen LogP contribution in [0.1, 0.15) is 5.82 Å². The summed E-state index contributed by atoms with van der Waals surface area (Å²) in [5, 5.41) is 8.57. The van der Waals surface area contributed by atoms with Crippen molar-refractivity contribution < 1.29 is 9.53 Å². The third-order valence-electron chi connectivity index (χ3n) is 4.27. The molecule has 4 rings (SSSR count). The smallest absolute Gasteiger partial charge is 0.320 e. The molecule has 0 N–H and O–H groups in total. The molecule has 2 aromatic heterocycles. The molecule has 8 nitrogen and oxygen atoms in total. The van der Waals surface area contributed by atoms with Crippen LogP contribution in [0.5, 0.6) is 0 Å². The zero-order valence-corrected chi connectivity index (χ0v) is 14.6. The minimum absolute atomic E-state index is 0.0539. The van der Waals surface area contributed by atoms with Crippen LogP contribution in [0.4, 0.5) is 4.79 Å². The standard InChI is InChI=1S/C15H17BrN6O2/c16-12-7-11(8-17-9-12)14-19-18-13-10-21(1-2-22(13)14)15(23)20-3-5-24-6-4-20/h7-9H,1-6,10H2. The molecular weight excluding hydrogens is 376 g/mol. The van der Waals surface area contributed by atoms with Crippen molar-refractivity contribution in [1.29, 1.82) is 0 Å². The number of urea groups is 1. The minimum atomic E-state index is 0.0539. The largest absolute Gasteiger partial charge is 0.378 e. The van der Waals surface area contributed by atoms with Gasteiger partial charge in [-0.2, -0.15) is 0 Å². The zero-order valence-electron chi connectivity index (χ0n) is 13.1. The van der Waals surface area contributed by atoms with Gasteiger partial charge in [0, 0.05) is 48.6 Å². The Morgan fingerprint density at radius 3 is 2.71 bits per heavy atom. The van der Waals surface area contributed by atoms with E-state index in [4.69, 9.17) is 4.74 Å². The molecule has 2 aliphatic heterocycles. The number of hydrogen-bond acceptors (Lipinski definition) is 5. The van der Waals surface area contributed by atoms with E-state index in [1.54, 1.807) is 12.4 Å². The summed E-state index contributed by atoms with van der Waals surface area (Å²) in [7, 11) is 0. The Morgan fingerprint density at radius 1 is 1.08 bits per heavy atom. The summed E-state index contributed by atoms with van der Waals surface area (Å²) in [6, 6.07) is 2.02. The molecule has 2 aliphatic rings. The maximum Gasteiger partial charge on any atom is 0.320 e. The highest BCUT2D eigenvalue weighted by atomic mass is 79.9. The van der Waals surface area contributed by atoms with Crippen LogP contribution < -0.4 is 0 Å². The average Bonchev–Trinajstić information content (AvgIpc) is 3.05. The molecule has 126 valence electrons. The Labute approximate surface area is 147 Å². The molecule has 0 bridgehead atoms. The summed E-state index contributed by atoms with van der Waals surface area (Å²) >= 11 is 3.43. The topological polar surface area (TPSA) is 76.4 Å². The second-order valence-corrected chi connectivity index (χ2v) is 6.70. The summed E-state index contributed by atoms with van der Waals surface area (Å²) < 4.78 is 8.27. The lowest BCUT2D eigenvalue weighted by Crippen LogP contribution is -2.50. The summed E-state index contributed by atoms with van der Waals surface area (Å²) in [6.07, 6.45) is 3.51. The molecule has 0 radical (unpaired) electrons. The van der Waals surface area contributed by atoms with Crippen molar-refractivity contribution in [2.24, 2.45) is 0 Å². The van der Waals surface area contributed by atoms with E-state index < -0.39 is 0 Å². The number of hydrogen-bond donors (Lipinski definition) is 0. The molecule has 9 heteroatoms. The van der Waals surface area contributed by atoms with Gasteiger partial charge in [-0.05, 0) is 22.0 Å². The van der Waals surface area contributed by atoms with E-state index in [1.807, 2.05) is 15.9 Å². The molecule has 24 heavy (non-hydrogen) atoms. The van der Waals surface area contributed by atoms with Crippen LogP contribution >= 0.6 is 15.9 Å². The number of aromatic nitrogens is 4. The molecule has 2 amide bonds. The fourth-order valence-electron chi connectivity index (χ4n) is 3.02. The second kappa shape index (κ2) is 6.48. The lowest BCUT2D eigenvalue weighted by atomic mass is 10.2. The summed E-state index contributed by atoms with van der Waals surface area (Å²) in [4.78, 5) is 20.5. The molecule has 0 aromatic carbocycles. The van der Waals surface area contributed by atoms with E-state index in [9.17, 15) is 4.79 Å². The van der Waals surface area contributed by atoms with Gasteiger partial charge < -0.3 is 19.1 Å². The van der Waals surface area contributed by atoms with Crippen LogP contribution in [0, 0.1) is 0 Å². The normalized spacial score (nSPS) is 17.7. The molecule has 0 aliphatic carbocycles. The number of ether oxygens (including phenoxy) is 1. The number of fused-ring (bicyclic) bond motifs is 1. The lowest BCUT2D eigenvalue weighted by molar-refractivity contribution is 0.0408. The van der Waals surface area contributed by atoms with Crippen molar-refractivity contribution in [3.8, 4) is 11.4 Å². The Bertz CT molecular complexity index is 758. The quantitative estimate of drug-likeness (QED) is 0.732. The number of carbonyl (C=O) groups excluding carboxylic acids is 1. The van der Waals surface area contributed by atoms with Gasteiger partial charge in [0.15, 0.2) is 11.6 Å². The third-order valence-corrected chi connectivity index (χ3v) is 4.70. The van der Waals surface area contributed by atoms with E-state index in [0.29, 0.717) is 45.9 Å². The molecule has 0 spiro atoms. The van der Waals surface area contributed by atoms with Crippen LogP contribution in [-0.4, -0.2) is 68.4 Å². The maximum atomic E-state index is 12.6. The molecule has 4 heterocycles. The first kappa shape index (κ1) is 15.5. The van der Waals surface area contributed by atoms with E-state index in [-0.39, 0.29) is 6.03 Å². The Hall–Kier alpha value is -2.00. The molecule has 0 atom stereocenters. The Morgan fingerprint density at radius 2 is 1.92 bits per heavy atom. The zero-order chi connectivity index (χ0) is 16.5. The van der Waals surface area contributed by atoms with Crippen molar-refractivity contribution in [2.75, 3.05) is 32.8 Å². The third kappa shape index (κ3) is 2.89. The maximum absolute atomic E-state index is 12.6. The molecule has 0 unspecified atom stereocenters. The summed E-state index contributed by atoms with van der Waals surface area (Å²) in [5.41, 5.74) is 0.913. The average molecular weight is 393 g/mol. The van der Waals surface area contributed by atoms with Crippen molar-refractivity contribution in [3.05, 3.63) is 28.8 Å². The van der Waals surface area contributed by atoms with Gasteiger partial charge in [0.05, 0.1) is 19.8 Å². The van der Waals surface area contributed by atoms with Crippen molar-refractivity contribution in [3.63, 3.8) is 0 Å². The van der Waals surface area contributed by atoms with Gasteiger partial charge in [-0.25, -0.2) is 4.79 Å². The van der Waals surface area contributed by atoms with Crippen LogP contribution in [-0.2, 0) is 17.8 Å². The molecule has 0 saturated carbocycles. The minimum Gasteiger partial charge on any atom is -0.378 e. The van der Waals surface area contributed by atoms with Crippen molar-refractivity contribution >= 4 is 22.0 Å². The molecule has 1 fully saturated rings. The van der Waals surface area contributed by atoms with E-state index in [2.05, 4.69) is 35.7 Å². The van der Waals surface area contributed by atoms with Crippen LogP contribution in [0.2, 0.25) is 0 Å². The monoisotopic (exact) mass is 392 g/mol. The van der Waals surface area contributed by atoms with Crippen molar-refractivity contribution in [2.45, 2.75) is 13.1 Å².